The van der Waals surface area contributed by atoms with Crippen LogP contribution in [-0.4, -0.2) is 11.1 Å². The van der Waals surface area contributed by atoms with Gasteiger partial charge in [0, 0.05) is 21.2 Å². The topological polar surface area (TPSA) is 37.3 Å². The Balaban J connectivity index is 2.70. The Kier molecular flexibility index (Phi) is 3.55. The van der Waals surface area contributed by atoms with Crippen molar-refractivity contribution in [1.29, 1.82) is 0 Å². The number of rotatable bonds is 2. The fourth-order valence-corrected chi connectivity index (χ4v) is 2.21. The summed E-state index contributed by atoms with van der Waals surface area (Å²) in [5.41, 5.74) is 0.342. The molecule has 0 aliphatic rings. The van der Waals surface area contributed by atoms with Crippen molar-refractivity contribution in [2.75, 3.05) is 0 Å². The number of carbonyl (C=O) groups is 1. The van der Waals surface area contributed by atoms with Gasteiger partial charge in [-0.25, -0.2) is 9.18 Å². The van der Waals surface area contributed by atoms with Crippen LogP contribution in [-0.2, 0) is 0 Å². The van der Waals surface area contributed by atoms with Crippen LogP contribution in [0.4, 0.5) is 4.39 Å². The highest BCUT2D eigenvalue weighted by Crippen LogP contribution is 2.36. The predicted octanol–water partition coefficient (Wildman–Crippen LogP) is 4.50. The summed E-state index contributed by atoms with van der Waals surface area (Å²) in [5, 5.41) is 9.43. The van der Waals surface area contributed by atoms with E-state index in [2.05, 4.69) is 0 Å². The molecule has 18 heavy (non-hydrogen) atoms. The fraction of sp³-hybridized carbons (Fsp3) is 0. The van der Waals surface area contributed by atoms with Gasteiger partial charge >= 0.3 is 5.97 Å². The maximum absolute atomic E-state index is 13.8. The SMILES string of the molecule is O=C(O)c1ccc(F)c(-c2c(Cl)cccc2Cl)c1. The lowest BCUT2D eigenvalue weighted by Gasteiger charge is -2.09. The maximum atomic E-state index is 13.8. The number of halogens is 3. The standard InChI is InChI=1S/C13H7Cl2FO2/c14-9-2-1-3-10(15)12(9)8-6-7(13(17)18)4-5-11(8)16/h1-6H,(H,17,18). The number of benzene rings is 2. The van der Waals surface area contributed by atoms with E-state index in [-0.39, 0.29) is 21.2 Å². The molecule has 0 atom stereocenters. The van der Waals surface area contributed by atoms with Gasteiger partial charge in [-0.3, -0.25) is 0 Å². The third kappa shape index (κ3) is 2.33. The van der Waals surface area contributed by atoms with E-state index < -0.39 is 11.8 Å². The molecule has 5 heteroatoms. The van der Waals surface area contributed by atoms with Gasteiger partial charge in [-0.05, 0) is 30.3 Å². The lowest BCUT2D eigenvalue weighted by Crippen LogP contribution is -1.98. The molecule has 2 rings (SSSR count). The van der Waals surface area contributed by atoms with E-state index in [1.165, 1.54) is 12.1 Å². The molecule has 0 radical (unpaired) electrons. The molecule has 0 spiro atoms. The number of aromatic carboxylic acids is 1. The zero-order valence-corrected chi connectivity index (χ0v) is 10.5. The molecule has 0 heterocycles. The van der Waals surface area contributed by atoms with Gasteiger partial charge < -0.3 is 5.11 Å². The Morgan fingerprint density at radius 2 is 1.72 bits per heavy atom. The predicted molar refractivity (Wildman–Crippen MR) is 68.8 cm³/mol. The smallest absolute Gasteiger partial charge is 0.335 e. The number of hydrogen-bond donors (Lipinski definition) is 1. The maximum Gasteiger partial charge on any atom is 0.335 e. The van der Waals surface area contributed by atoms with Crippen molar-refractivity contribution in [2.24, 2.45) is 0 Å². The van der Waals surface area contributed by atoms with E-state index in [0.717, 1.165) is 6.07 Å². The molecule has 1 N–H and O–H groups in total. The summed E-state index contributed by atoms with van der Waals surface area (Å²) in [4.78, 5) is 10.9. The van der Waals surface area contributed by atoms with E-state index in [1.54, 1.807) is 18.2 Å². The highest BCUT2D eigenvalue weighted by molar-refractivity contribution is 6.39. The van der Waals surface area contributed by atoms with Crippen molar-refractivity contribution in [2.45, 2.75) is 0 Å². The molecule has 0 unspecified atom stereocenters. The molecule has 0 amide bonds. The van der Waals surface area contributed by atoms with Gasteiger partial charge in [0.15, 0.2) is 0 Å². The Morgan fingerprint density at radius 1 is 1.11 bits per heavy atom. The van der Waals surface area contributed by atoms with E-state index in [9.17, 15) is 9.18 Å². The zero-order chi connectivity index (χ0) is 13.3. The molecule has 0 aliphatic carbocycles. The van der Waals surface area contributed by atoms with Crippen LogP contribution in [0.3, 0.4) is 0 Å². The second-order valence-corrected chi connectivity index (χ2v) is 4.41. The minimum absolute atomic E-state index is 0.0256. The first-order chi connectivity index (χ1) is 8.50. The lowest BCUT2D eigenvalue weighted by atomic mass is 10.0. The van der Waals surface area contributed by atoms with Crippen molar-refractivity contribution < 1.29 is 14.3 Å². The summed E-state index contributed by atoms with van der Waals surface area (Å²) in [5.74, 6) is -1.71. The third-order valence-electron chi connectivity index (χ3n) is 2.45. The highest BCUT2D eigenvalue weighted by Gasteiger charge is 2.15. The van der Waals surface area contributed by atoms with Crippen LogP contribution < -0.4 is 0 Å². The summed E-state index contributed by atoms with van der Waals surface area (Å²) in [7, 11) is 0. The quantitative estimate of drug-likeness (QED) is 0.882. The van der Waals surface area contributed by atoms with E-state index in [1.807, 2.05) is 0 Å². The molecular formula is C13H7Cl2FO2. The second-order valence-electron chi connectivity index (χ2n) is 3.60. The second kappa shape index (κ2) is 4.96. The first-order valence-electron chi connectivity index (χ1n) is 4.98. The summed E-state index contributed by atoms with van der Waals surface area (Å²) in [6.45, 7) is 0. The largest absolute Gasteiger partial charge is 0.478 e. The van der Waals surface area contributed by atoms with Gasteiger partial charge in [0.05, 0.1) is 5.56 Å². The van der Waals surface area contributed by atoms with Crippen molar-refractivity contribution >= 4 is 29.2 Å². The van der Waals surface area contributed by atoms with Crippen LogP contribution in [0.15, 0.2) is 36.4 Å². The summed E-state index contributed by atoms with van der Waals surface area (Å²) in [6.07, 6.45) is 0. The van der Waals surface area contributed by atoms with E-state index >= 15 is 0 Å². The average Bonchev–Trinajstić information content (AvgIpc) is 2.30. The third-order valence-corrected chi connectivity index (χ3v) is 3.08. The average molecular weight is 285 g/mol. The molecule has 2 aromatic rings. The van der Waals surface area contributed by atoms with Crippen LogP contribution in [0, 0.1) is 5.82 Å². The van der Waals surface area contributed by atoms with Gasteiger partial charge in [-0.1, -0.05) is 29.3 Å². The number of hydrogen-bond acceptors (Lipinski definition) is 1. The molecule has 0 fully saturated rings. The normalized spacial score (nSPS) is 10.4. The van der Waals surface area contributed by atoms with Gasteiger partial charge in [0.1, 0.15) is 5.82 Å². The lowest BCUT2D eigenvalue weighted by molar-refractivity contribution is 0.0697. The summed E-state index contributed by atoms with van der Waals surface area (Å²) in [6, 6.07) is 8.24. The molecule has 0 saturated heterocycles. The molecule has 0 aliphatic heterocycles. The highest BCUT2D eigenvalue weighted by atomic mass is 35.5. The molecule has 92 valence electrons. The van der Waals surface area contributed by atoms with Crippen molar-refractivity contribution in [3.05, 3.63) is 57.8 Å². The Labute approximate surface area is 113 Å². The van der Waals surface area contributed by atoms with Gasteiger partial charge in [-0.2, -0.15) is 0 Å². The summed E-state index contributed by atoms with van der Waals surface area (Å²) >= 11 is 11.9. The molecule has 0 aromatic heterocycles. The number of carboxylic acid groups (broad SMARTS) is 1. The molecule has 2 nitrogen and oxygen atoms in total. The van der Waals surface area contributed by atoms with Gasteiger partial charge in [0.25, 0.3) is 0 Å². The van der Waals surface area contributed by atoms with Gasteiger partial charge in [0.2, 0.25) is 0 Å². The zero-order valence-electron chi connectivity index (χ0n) is 8.95. The first kappa shape index (κ1) is 12.9. The monoisotopic (exact) mass is 284 g/mol. The van der Waals surface area contributed by atoms with Crippen molar-refractivity contribution in [1.82, 2.24) is 0 Å². The van der Waals surface area contributed by atoms with Crippen LogP contribution in [0.5, 0.6) is 0 Å². The Hall–Kier alpha value is -1.58. The van der Waals surface area contributed by atoms with E-state index in [0.29, 0.717) is 5.56 Å². The van der Waals surface area contributed by atoms with Crippen LogP contribution in [0.1, 0.15) is 10.4 Å². The van der Waals surface area contributed by atoms with Crippen LogP contribution >= 0.6 is 23.2 Å². The van der Waals surface area contributed by atoms with Crippen LogP contribution in [0.2, 0.25) is 10.0 Å². The first-order valence-corrected chi connectivity index (χ1v) is 5.73. The summed E-state index contributed by atoms with van der Waals surface area (Å²) < 4.78 is 13.8. The number of carboxylic acids is 1. The van der Waals surface area contributed by atoms with E-state index in [4.69, 9.17) is 28.3 Å². The van der Waals surface area contributed by atoms with Crippen molar-refractivity contribution in [3.8, 4) is 11.1 Å². The molecular weight excluding hydrogens is 278 g/mol. The van der Waals surface area contributed by atoms with Crippen LogP contribution in [0.25, 0.3) is 11.1 Å². The Bertz CT molecular complexity index is 606. The molecule has 0 saturated carbocycles. The fourth-order valence-electron chi connectivity index (χ4n) is 1.61. The molecule has 2 aromatic carbocycles. The molecule has 0 bridgehead atoms. The van der Waals surface area contributed by atoms with Crippen molar-refractivity contribution in [3.63, 3.8) is 0 Å². The van der Waals surface area contributed by atoms with Gasteiger partial charge in [-0.15, -0.1) is 0 Å². The minimum Gasteiger partial charge on any atom is -0.478 e. The Morgan fingerprint density at radius 3 is 2.28 bits per heavy atom. The minimum atomic E-state index is -1.14.